The highest BCUT2D eigenvalue weighted by molar-refractivity contribution is 5.96. The Morgan fingerprint density at radius 2 is 1.92 bits per heavy atom. The van der Waals surface area contributed by atoms with Crippen LogP contribution < -0.4 is 10.5 Å². The van der Waals surface area contributed by atoms with Crippen LogP contribution in [0.15, 0.2) is 30.3 Å². The van der Waals surface area contributed by atoms with Crippen LogP contribution in [0.1, 0.15) is 35.1 Å². The summed E-state index contributed by atoms with van der Waals surface area (Å²) in [5.74, 6) is 1.33. The minimum absolute atomic E-state index is 0. The number of benzene rings is 1. The number of hydrogen-bond donors (Lipinski definition) is 1. The van der Waals surface area contributed by atoms with Gasteiger partial charge in [-0.05, 0) is 70.0 Å². The van der Waals surface area contributed by atoms with Gasteiger partial charge >= 0.3 is 0 Å². The minimum Gasteiger partial charge on any atom is -0.497 e. The van der Waals surface area contributed by atoms with Gasteiger partial charge in [0, 0.05) is 29.7 Å². The van der Waals surface area contributed by atoms with E-state index >= 15 is 0 Å². The molecule has 0 saturated carbocycles. The molecule has 0 bridgehead atoms. The van der Waals surface area contributed by atoms with Crippen LogP contribution in [-0.4, -0.2) is 41.6 Å². The number of aryl methyl sites for hydroxylation is 1. The third-order valence-electron chi connectivity index (χ3n) is 5.25. The zero-order valence-corrected chi connectivity index (χ0v) is 16.7. The van der Waals surface area contributed by atoms with Crippen molar-refractivity contribution in [1.82, 2.24) is 9.47 Å². The molecule has 0 radical (unpaired) electrons. The van der Waals surface area contributed by atoms with E-state index in [1.165, 1.54) is 0 Å². The summed E-state index contributed by atoms with van der Waals surface area (Å²) >= 11 is 0. The number of likely N-dealkylation sites (tertiary alicyclic amines) is 1. The Hall–Kier alpha value is -1.98. The van der Waals surface area contributed by atoms with Crippen molar-refractivity contribution in [3.8, 4) is 11.4 Å². The molecule has 26 heavy (non-hydrogen) atoms. The van der Waals surface area contributed by atoms with Gasteiger partial charge in [0.15, 0.2) is 0 Å². The molecule has 2 atom stereocenters. The molecule has 1 fully saturated rings. The Morgan fingerprint density at radius 3 is 2.46 bits per heavy atom. The van der Waals surface area contributed by atoms with E-state index in [-0.39, 0.29) is 24.4 Å². The van der Waals surface area contributed by atoms with Crippen molar-refractivity contribution in [3.63, 3.8) is 0 Å². The number of carbonyl (C=O) groups is 1. The molecule has 1 aromatic carbocycles. The predicted molar refractivity (Wildman–Crippen MR) is 107 cm³/mol. The van der Waals surface area contributed by atoms with Crippen LogP contribution in [0.25, 0.3) is 5.69 Å². The number of carbonyl (C=O) groups excluding carboxylic acids is 1. The average molecular weight is 378 g/mol. The quantitative estimate of drug-likeness (QED) is 0.888. The first-order chi connectivity index (χ1) is 12.0. The van der Waals surface area contributed by atoms with Gasteiger partial charge in [0.1, 0.15) is 5.75 Å². The van der Waals surface area contributed by atoms with Gasteiger partial charge in [0.2, 0.25) is 0 Å². The molecule has 0 aliphatic carbocycles. The normalized spacial score (nSPS) is 19.3. The Morgan fingerprint density at radius 1 is 1.27 bits per heavy atom. The van der Waals surface area contributed by atoms with E-state index in [1.807, 2.05) is 49.1 Å². The van der Waals surface area contributed by atoms with E-state index in [2.05, 4.69) is 11.5 Å². The summed E-state index contributed by atoms with van der Waals surface area (Å²) in [5, 5.41) is 0. The summed E-state index contributed by atoms with van der Waals surface area (Å²) in [6.07, 6.45) is 0.986. The van der Waals surface area contributed by atoms with Gasteiger partial charge in [-0.25, -0.2) is 0 Å². The molecule has 3 rings (SSSR count). The van der Waals surface area contributed by atoms with Crippen LogP contribution in [0.4, 0.5) is 0 Å². The maximum Gasteiger partial charge on any atom is 0.255 e. The summed E-state index contributed by atoms with van der Waals surface area (Å²) in [6, 6.07) is 10.1. The lowest BCUT2D eigenvalue weighted by atomic mass is 10.1. The van der Waals surface area contributed by atoms with Crippen LogP contribution in [-0.2, 0) is 0 Å². The molecule has 1 saturated heterocycles. The second kappa shape index (κ2) is 8.14. The van der Waals surface area contributed by atoms with Crippen molar-refractivity contribution < 1.29 is 9.53 Å². The van der Waals surface area contributed by atoms with Gasteiger partial charge in [-0.2, -0.15) is 0 Å². The Balaban J connectivity index is 0.00000243. The molecule has 6 heteroatoms. The van der Waals surface area contributed by atoms with Crippen LogP contribution >= 0.6 is 12.4 Å². The molecule has 1 aliphatic heterocycles. The van der Waals surface area contributed by atoms with Crippen molar-refractivity contribution in [2.24, 2.45) is 11.7 Å². The Labute approximate surface area is 161 Å². The second-order valence-corrected chi connectivity index (χ2v) is 6.96. The lowest BCUT2D eigenvalue weighted by molar-refractivity contribution is 0.0742. The zero-order chi connectivity index (χ0) is 18.1. The van der Waals surface area contributed by atoms with Crippen LogP contribution in [0.5, 0.6) is 5.75 Å². The van der Waals surface area contributed by atoms with Crippen molar-refractivity contribution >= 4 is 18.3 Å². The lowest BCUT2D eigenvalue weighted by Gasteiger charge is -2.21. The SMILES string of the molecule is COc1ccc(-n2c(C)cc(C(=O)N3CC(CN)CC3C)c2C)cc1.Cl. The Bertz CT molecular complexity index is 770. The number of hydrogen-bond acceptors (Lipinski definition) is 3. The molecule has 1 amide bonds. The second-order valence-electron chi connectivity index (χ2n) is 6.96. The zero-order valence-electron chi connectivity index (χ0n) is 15.9. The highest BCUT2D eigenvalue weighted by atomic mass is 35.5. The number of amides is 1. The molecular formula is C20H28ClN3O2. The van der Waals surface area contributed by atoms with Crippen LogP contribution in [0.3, 0.4) is 0 Å². The monoisotopic (exact) mass is 377 g/mol. The first kappa shape index (κ1) is 20.3. The molecule has 2 aromatic rings. The third-order valence-corrected chi connectivity index (χ3v) is 5.25. The molecule has 1 aromatic heterocycles. The van der Waals surface area contributed by atoms with Crippen molar-refractivity contribution in [3.05, 3.63) is 47.3 Å². The molecule has 142 valence electrons. The van der Waals surface area contributed by atoms with Gasteiger partial charge < -0.3 is 19.9 Å². The van der Waals surface area contributed by atoms with E-state index in [0.29, 0.717) is 12.5 Å². The molecule has 2 unspecified atom stereocenters. The average Bonchev–Trinajstić information content (AvgIpc) is 3.14. The number of nitrogens with two attached hydrogens (primary N) is 1. The maximum absolute atomic E-state index is 13.1. The van der Waals surface area contributed by atoms with Crippen molar-refractivity contribution in [2.45, 2.75) is 33.2 Å². The van der Waals surface area contributed by atoms with Gasteiger partial charge in [-0.15, -0.1) is 12.4 Å². The molecular weight excluding hydrogens is 350 g/mol. The summed E-state index contributed by atoms with van der Waals surface area (Å²) < 4.78 is 7.35. The fourth-order valence-corrected chi connectivity index (χ4v) is 3.86. The number of methoxy groups -OCH3 is 1. The van der Waals surface area contributed by atoms with Crippen molar-refractivity contribution in [2.75, 3.05) is 20.2 Å². The first-order valence-corrected chi connectivity index (χ1v) is 8.80. The number of rotatable bonds is 4. The number of halogens is 1. The number of aromatic nitrogens is 1. The van der Waals surface area contributed by atoms with Crippen LogP contribution in [0.2, 0.25) is 0 Å². The summed E-state index contributed by atoms with van der Waals surface area (Å²) in [4.78, 5) is 15.1. The van der Waals surface area contributed by atoms with Gasteiger partial charge in [0.25, 0.3) is 5.91 Å². The summed E-state index contributed by atoms with van der Waals surface area (Å²) in [7, 11) is 1.66. The van der Waals surface area contributed by atoms with E-state index < -0.39 is 0 Å². The van der Waals surface area contributed by atoms with E-state index in [1.54, 1.807) is 7.11 Å². The largest absolute Gasteiger partial charge is 0.497 e. The standard InChI is InChI=1S/C20H27N3O2.ClH/c1-13-9-16(11-21)12-22(13)20(24)19-10-14(2)23(15(19)3)17-5-7-18(25-4)8-6-17;/h5-8,10,13,16H,9,11-12,21H2,1-4H3;1H. The van der Waals surface area contributed by atoms with E-state index in [0.717, 1.165) is 41.4 Å². The fourth-order valence-electron chi connectivity index (χ4n) is 3.86. The third kappa shape index (κ3) is 3.60. The van der Waals surface area contributed by atoms with Gasteiger partial charge in [0.05, 0.1) is 12.7 Å². The first-order valence-electron chi connectivity index (χ1n) is 8.80. The highest BCUT2D eigenvalue weighted by Crippen LogP contribution is 2.28. The minimum atomic E-state index is 0. The predicted octanol–water partition coefficient (Wildman–Crippen LogP) is 3.33. The molecule has 0 spiro atoms. The van der Waals surface area contributed by atoms with Gasteiger partial charge in [-0.1, -0.05) is 0 Å². The summed E-state index contributed by atoms with van der Waals surface area (Å²) in [5.41, 5.74) is 9.63. The van der Waals surface area contributed by atoms with Crippen LogP contribution in [0, 0.1) is 19.8 Å². The Kier molecular flexibility index (Phi) is 6.37. The number of ether oxygens (including phenoxy) is 1. The fraction of sp³-hybridized carbons (Fsp3) is 0.450. The number of nitrogens with zero attached hydrogens (tertiary/aromatic N) is 2. The molecule has 5 nitrogen and oxygen atoms in total. The molecule has 2 heterocycles. The molecule has 1 aliphatic rings. The van der Waals surface area contributed by atoms with Gasteiger partial charge in [-0.3, -0.25) is 4.79 Å². The van der Waals surface area contributed by atoms with Crippen molar-refractivity contribution in [1.29, 1.82) is 0 Å². The highest BCUT2D eigenvalue weighted by Gasteiger charge is 2.33. The smallest absolute Gasteiger partial charge is 0.255 e. The van der Waals surface area contributed by atoms with E-state index in [9.17, 15) is 4.79 Å². The van der Waals surface area contributed by atoms with E-state index in [4.69, 9.17) is 10.5 Å². The maximum atomic E-state index is 13.1. The topological polar surface area (TPSA) is 60.5 Å². The summed E-state index contributed by atoms with van der Waals surface area (Å²) in [6.45, 7) is 7.54. The lowest BCUT2D eigenvalue weighted by Crippen LogP contribution is -2.34. The molecule has 2 N–H and O–H groups in total.